The Balaban J connectivity index is 0.000000640. The first kappa shape index (κ1) is 8.38. The van der Waals surface area contributed by atoms with E-state index < -0.39 is 0 Å². The molecule has 1 aromatic carbocycles. The minimum atomic E-state index is 0. The fourth-order valence-corrected chi connectivity index (χ4v) is 0.645. The molecule has 1 aromatic rings. The Morgan fingerprint density at radius 1 is 1.11 bits per heavy atom. The largest absolute Gasteiger partial charge is 1.00 e. The van der Waals surface area contributed by atoms with Gasteiger partial charge in [0, 0.05) is 25.5 Å². The van der Waals surface area contributed by atoms with Crippen molar-refractivity contribution in [2.24, 2.45) is 0 Å². The molecule has 0 aliphatic rings. The average molecular weight is 141 g/mol. The van der Waals surface area contributed by atoms with Crippen LogP contribution in [-0.4, -0.2) is 0 Å². The van der Waals surface area contributed by atoms with Gasteiger partial charge in [0.25, 0.3) is 0 Å². The van der Waals surface area contributed by atoms with Crippen molar-refractivity contribution in [3.05, 3.63) is 42.3 Å². The van der Waals surface area contributed by atoms with E-state index in [1.807, 2.05) is 25.1 Å². The molecule has 0 unspecified atom stereocenters. The molecule has 1 heteroatoms. The molecule has 0 saturated carbocycles. The molecule has 9 heavy (non-hydrogen) atoms. The molecule has 0 spiro atoms. The minimum absolute atomic E-state index is 0. The topological polar surface area (TPSA) is 0 Å². The maximum Gasteiger partial charge on any atom is 0.129 e. The van der Waals surface area contributed by atoms with E-state index in [1.165, 1.54) is 5.56 Å². The van der Waals surface area contributed by atoms with Gasteiger partial charge < -0.3 is 12.4 Å². The third-order valence-electron chi connectivity index (χ3n) is 1.13. The summed E-state index contributed by atoms with van der Waals surface area (Å²) in [5.41, 5.74) is 1.28. The van der Waals surface area contributed by atoms with Gasteiger partial charge in [0.15, 0.2) is 0 Å². The van der Waals surface area contributed by atoms with E-state index >= 15 is 0 Å². The maximum atomic E-state index is 2.08. The van der Waals surface area contributed by atoms with Crippen LogP contribution in [0.3, 0.4) is 0 Å². The molecular weight excluding hydrogens is 132 g/mol. The predicted molar refractivity (Wildman–Crippen MR) is 35.5 cm³/mol. The number of hydrogen-bond acceptors (Lipinski definition) is 0. The second-order valence-electron chi connectivity index (χ2n) is 1.70. The van der Waals surface area contributed by atoms with Crippen molar-refractivity contribution in [2.45, 2.75) is 6.92 Å². The van der Waals surface area contributed by atoms with Crippen LogP contribution < -0.4 is 12.4 Å². The summed E-state index contributed by atoms with van der Waals surface area (Å²) in [7, 11) is 0. The van der Waals surface area contributed by atoms with E-state index in [1.54, 1.807) is 0 Å². The highest BCUT2D eigenvalue weighted by Gasteiger charge is 1.90. The summed E-state index contributed by atoms with van der Waals surface area (Å²) in [4.78, 5) is 0. The highest BCUT2D eigenvalue weighted by Crippen LogP contribution is 1.98. The average Bonchev–Trinajstić information content (AvgIpc) is 1.90. The number of halogens is 1. The maximum absolute atomic E-state index is 2.08. The van der Waals surface area contributed by atoms with Gasteiger partial charge in [-0.3, -0.25) is 0 Å². The second-order valence-corrected chi connectivity index (χ2v) is 1.70. The molecule has 48 valence electrons. The quantitative estimate of drug-likeness (QED) is 0.451. The molecule has 0 radical (unpaired) electrons. The molecule has 0 heterocycles. The van der Waals surface area contributed by atoms with E-state index in [2.05, 4.69) is 18.6 Å². The zero-order valence-electron chi connectivity index (χ0n) is 5.34. The molecule has 0 nitrogen and oxygen atoms in total. The lowest BCUT2D eigenvalue weighted by Crippen LogP contribution is -3.00. The Morgan fingerprint density at radius 2 is 1.67 bits per heavy atom. The van der Waals surface area contributed by atoms with E-state index in [0.717, 1.165) is 0 Å². The minimum Gasteiger partial charge on any atom is -1.00 e. The molecule has 0 saturated heterocycles. The van der Waals surface area contributed by atoms with Gasteiger partial charge in [-0.05, 0) is 18.2 Å². The lowest BCUT2D eigenvalue weighted by molar-refractivity contribution is -0.00000166. The zero-order valence-corrected chi connectivity index (χ0v) is 6.10. The van der Waals surface area contributed by atoms with E-state index in [-0.39, 0.29) is 12.4 Å². The second kappa shape index (κ2) is 4.28. The Labute approximate surface area is 62.3 Å². The van der Waals surface area contributed by atoms with Crippen LogP contribution in [0, 0.1) is 6.42 Å². The molecule has 0 aliphatic heterocycles. The zero-order chi connectivity index (χ0) is 5.82. The summed E-state index contributed by atoms with van der Waals surface area (Å²) in [5.74, 6) is 0. The molecule has 0 bridgehead atoms. The van der Waals surface area contributed by atoms with Crippen LogP contribution in [0.5, 0.6) is 0 Å². The van der Waals surface area contributed by atoms with Crippen molar-refractivity contribution >= 4 is 0 Å². The first-order chi connectivity index (χ1) is 3.93. The van der Waals surface area contributed by atoms with Gasteiger partial charge in [-0.15, -0.1) is 0 Å². The highest BCUT2D eigenvalue weighted by molar-refractivity contribution is 5.20. The van der Waals surface area contributed by atoms with Crippen molar-refractivity contribution in [1.82, 2.24) is 0 Å². The Hall–Kier alpha value is -0.620. The van der Waals surface area contributed by atoms with Crippen LogP contribution in [0.2, 0.25) is 0 Å². The van der Waals surface area contributed by atoms with Gasteiger partial charge >= 0.3 is 0 Å². The van der Waals surface area contributed by atoms with E-state index in [4.69, 9.17) is 0 Å². The number of benzene rings is 1. The van der Waals surface area contributed by atoms with Gasteiger partial charge in [0.05, 0.1) is 0 Å². The lowest BCUT2D eigenvalue weighted by atomic mass is 10.2. The SMILES string of the molecule is C[CH+]c1ccccc1.[Cl-]. The summed E-state index contributed by atoms with van der Waals surface area (Å²) >= 11 is 0. The molecule has 0 N–H and O–H groups in total. The third kappa shape index (κ3) is 2.43. The summed E-state index contributed by atoms with van der Waals surface area (Å²) in [6, 6.07) is 10.3. The fraction of sp³-hybridized carbons (Fsp3) is 0.125. The van der Waals surface area contributed by atoms with Crippen LogP contribution in [0.1, 0.15) is 12.5 Å². The molecule has 0 fully saturated rings. The third-order valence-corrected chi connectivity index (χ3v) is 1.13. The summed E-state index contributed by atoms with van der Waals surface area (Å²) in [6.45, 7) is 2.04. The molecule has 1 rings (SSSR count). The monoisotopic (exact) mass is 140 g/mol. The van der Waals surface area contributed by atoms with Crippen LogP contribution >= 0.6 is 0 Å². The van der Waals surface area contributed by atoms with Crippen molar-refractivity contribution in [3.63, 3.8) is 0 Å². The number of rotatable bonds is 1. The molecular formula is C8H9Cl. The smallest absolute Gasteiger partial charge is 0.129 e. The van der Waals surface area contributed by atoms with Gasteiger partial charge in [0.1, 0.15) is 5.56 Å². The number of hydrogen-bond donors (Lipinski definition) is 0. The van der Waals surface area contributed by atoms with Crippen molar-refractivity contribution in [1.29, 1.82) is 0 Å². The van der Waals surface area contributed by atoms with Gasteiger partial charge in [0.2, 0.25) is 0 Å². The van der Waals surface area contributed by atoms with E-state index in [0.29, 0.717) is 0 Å². The highest BCUT2D eigenvalue weighted by atomic mass is 35.5. The normalized spacial score (nSPS) is 7.67. The van der Waals surface area contributed by atoms with Crippen molar-refractivity contribution in [3.8, 4) is 0 Å². The van der Waals surface area contributed by atoms with Gasteiger partial charge in [-0.25, -0.2) is 0 Å². The summed E-state index contributed by atoms with van der Waals surface area (Å²) in [6.07, 6.45) is 2.08. The van der Waals surface area contributed by atoms with Crippen LogP contribution in [0.4, 0.5) is 0 Å². The van der Waals surface area contributed by atoms with Gasteiger partial charge in [-0.2, -0.15) is 0 Å². The molecule has 0 aromatic heterocycles. The standard InChI is InChI=1S/C8H9.ClH/c1-2-8-6-4-3-5-7-8;/h2-7H,1H3;1H/q+1;/p-1. The summed E-state index contributed by atoms with van der Waals surface area (Å²) in [5, 5.41) is 0. The Kier molecular flexibility index (Phi) is 3.98. The van der Waals surface area contributed by atoms with E-state index in [9.17, 15) is 0 Å². The Morgan fingerprint density at radius 3 is 2.00 bits per heavy atom. The first-order valence-electron chi connectivity index (χ1n) is 2.78. The van der Waals surface area contributed by atoms with Crippen LogP contribution in [0.25, 0.3) is 0 Å². The molecule has 0 amide bonds. The lowest BCUT2D eigenvalue weighted by Gasteiger charge is -1.79. The molecule has 0 aliphatic carbocycles. The molecule has 0 atom stereocenters. The Bertz CT molecular complexity index is 146. The predicted octanol–water partition coefficient (Wildman–Crippen LogP) is -0.737. The van der Waals surface area contributed by atoms with Crippen LogP contribution in [-0.2, 0) is 0 Å². The first-order valence-corrected chi connectivity index (χ1v) is 2.78. The van der Waals surface area contributed by atoms with Crippen LogP contribution in [0.15, 0.2) is 30.3 Å². The van der Waals surface area contributed by atoms with Gasteiger partial charge in [-0.1, -0.05) is 0 Å². The van der Waals surface area contributed by atoms with Crippen molar-refractivity contribution < 1.29 is 12.4 Å². The summed E-state index contributed by atoms with van der Waals surface area (Å²) < 4.78 is 0. The fourth-order valence-electron chi connectivity index (χ4n) is 0.645. The van der Waals surface area contributed by atoms with Crippen molar-refractivity contribution in [2.75, 3.05) is 0 Å².